The maximum absolute atomic E-state index is 10.8. The molecule has 0 radical (unpaired) electrons. The molecule has 1 aromatic rings. The molecule has 1 aromatic heterocycles. The van der Waals surface area contributed by atoms with Crippen LogP contribution in [0, 0.1) is 13.8 Å². The third kappa shape index (κ3) is 2.30. The van der Waals surface area contributed by atoms with Crippen molar-refractivity contribution in [3.63, 3.8) is 0 Å². The number of aryl methyl sites for hydroxylation is 2. The molecular formula is C8H10N2OS. The van der Waals surface area contributed by atoms with Gasteiger partial charge in [-0.2, -0.15) is 0 Å². The van der Waals surface area contributed by atoms with E-state index in [2.05, 4.69) is 9.97 Å². The summed E-state index contributed by atoms with van der Waals surface area (Å²) >= 11 is 1.13. The van der Waals surface area contributed by atoms with Crippen LogP contribution >= 0.6 is 11.8 Å². The fourth-order valence-electron chi connectivity index (χ4n) is 0.748. The van der Waals surface area contributed by atoms with E-state index in [-0.39, 0.29) is 5.12 Å². The van der Waals surface area contributed by atoms with Gasteiger partial charge in [0.15, 0.2) is 5.12 Å². The summed E-state index contributed by atoms with van der Waals surface area (Å²) in [6, 6.07) is 0. The molecule has 0 N–H and O–H groups in total. The minimum atomic E-state index is 0.0398. The van der Waals surface area contributed by atoms with Crippen molar-refractivity contribution in [2.75, 3.05) is 0 Å². The van der Waals surface area contributed by atoms with Crippen molar-refractivity contribution in [1.29, 1.82) is 0 Å². The highest BCUT2D eigenvalue weighted by molar-refractivity contribution is 8.13. The Labute approximate surface area is 75.6 Å². The van der Waals surface area contributed by atoms with Gasteiger partial charge >= 0.3 is 0 Å². The number of rotatable bonds is 1. The quantitative estimate of drug-likeness (QED) is 0.620. The molecule has 0 saturated carbocycles. The van der Waals surface area contributed by atoms with Crippen LogP contribution in [0.2, 0.25) is 0 Å². The highest BCUT2D eigenvalue weighted by Crippen LogP contribution is 2.18. The first-order chi connectivity index (χ1) is 5.59. The second kappa shape index (κ2) is 3.67. The highest BCUT2D eigenvalue weighted by atomic mass is 32.2. The molecule has 0 atom stereocenters. The van der Waals surface area contributed by atoms with Crippen molar-refractivity contribution in [2.45, 2.75) is 25.8 Å². The second-order valence-electron chi connectivity index (χ2n) is 2.50. The monoisotopic (exact) mass is 182 g/mol. The predicted molar refractivity (Wildman–Crippen MR) is 48.0 cm³/mol. The van der Waals surface area contributed by atoms with Crippen molar-refractivity contribution < 1.29 is 4.79 Å². The number of hydrogen-bond donors (Lipinski definition) is 0. The van der Waals surface area contributed by atoms with E-state index in [1.807, 2.05) is 13.8 Å². The van der Waals surface area contributed by atoms with Gasteiger partial charge in [-0.1, -0.05) is 0 Å². The first-order valence-electron chi connectivity index (χ1n) is 3.58. The summed E-state index contributed by atoms with van der Waals surface area (Å²) in [6.07, 6.45) is 1.69. The molecule has 0 unspecified atom stereocenters. The molecular weight excluding hydrogens is 172 g/mol. The van der Waals surface area contributed by atoms with Crippen LogP contribution < -0.4 is 0 Å². The summed E-state index contributed by atoms with van der Waals surface area (Å²) in [6.45, 7) is 5.22. The van der Waals surface area contributed by atoms with Crippen molar-refractivity contribution in [2.24, 2.45) is 0 Å². The van der Waals surface area contributed by atoms with Gasteiger partial charge in [-0.05, 0) is 25.6 Å². The molecule has 0 bridgehead atoms. The largest absolute Gasteiger partial charge is 0.287 e. The molecule has 1 heterocycles. The van der Waals surface area contributed by atoms with Crippen LogP contribution in [-0.4, -0.2) is 15.1 Å². The minimum absolute atomic E-state index is 0.0398. The Bertz CT molecular complexity index is 312. The average molecular weight is 182 g/mol. The van der Waals surface area contributed by atoms with Crippen LogP contribution in [0.3, 0.4) is 0 Å². The van der Waals surface area contributed by atoms with Crippen LogP contribution in [-0.2, 0) is 4.79 Å². The maximum Gasteiger partial charge on any atom is 0.192 e. The summed E-state index contributed by atoms with van der Waals surface area (Å²) in [4.78, 5) is 19.1. The van der Waals surface area contributed by atoms with Gasteiger partial charge in [0.1, 0.15) is 5.03 Å². The summed E-state index contributed by atoms with van der Waals surface area (Å²) in [7, 11) is 0. The van der Waals surface area contributed by atoms with Gasteiger partial charge < -0.3 is 0 Å². The lowest BCUT2D eigenvalue weighted by Gasteiger charge is -2.00. The molecule has 4 heteroatoms. The molecule has 0 amide bonds. The first kappa shape index (κ1) is 9.19. The molecule has 0 aromatic carbocycles. The molecule has 12 heavy (non-hydrogen) atoms. The average Bonchev–Trinajstić information content (AvgIpc) is 1.96. The van der Waals surface area contributed by atoms with Gasteiger partial charge in [0.25, 0.3) is 0 Å². The van der Waals surface area contributed by atoms with E-state index < -0.39 is 0 Å². The van der Waals surface area contributed by atoms with Crippen molar-refractivity contribution in [3.05, 3.63) is 17.6 Å². The summed E-state index contributed by atoms with van der Waals surface area (Å²) in [5.74, 6) is 0. The third-order valence-electron chi connectivity index (χ3n) is 1.27. The van der Waals surface area contributed by atoms with E-state index in [0.717, 1.165) is 23.1 Å². The van der Waals surface area contributed by atoms with E-state index in [0.29, 0.717) is 5.03 Å². The van der Waals surface area contributed by atoms with Crippen LogP contribution in [0.15, 0.2) is 11.2 Å². The van der Waals surface area contributed by atoms with Crippen LogP contribution in [0.25, 0.3) is 0 Å². The van der Waals surface area contributed by atoms with E-state index in [9.17, 15) is 4.79 Å². The number of aromatic nitrogens is 2. The number of thioether (sulfide) groups is 1. The molecule has 3 nitrogen and oxygen atoms in total. The highest BCUT2D eigenvalue weighted by Gasteiger charge is 2.04. The molecule has 0 spiro atoms. The van der Waals surface area contributed by atoms with Gasteiger partial charge in [0.2, 0.25) is 0 Å². The van der Waals surface area contributed by atoms with Crippen molar-refractivity contribution in [1.82, 2.24) is 9.97 Å². The Morgan fingerprint density at radius 1 is 1.50 bits per heavy atom. The SMILES string of the molecule is CC(=O)Sc1nc(C)cnc1C. The summed E-state index contributed by atoms with van der Waals surface area (Å²) in [5, 5.41) is 0.750. The Hall–Kier alpha value is -0.900. The molecule has 0 aliphatic heterocycles. The molecule has 0 saturated heterocycles. The van der Waals surface area contributed by atoms with E-state index >= 15 is 0 Å². The zero-order chi connectivity index (χ0) is 9.14. The van der Waals surface area contributed by atoms with E-state index in [1.165, 1.54) is 6.92 Å². The van der Waals surface area contributed by atoms with Gasteiger partial charge in [-0.25, -0.2) is 4.98 Å². The van der Waals surface area contributed by atoms with Gasteiger partial charge in [-0.15, -0.1) is 0 Å². The van der Waals surface area contributed by atoms with Crippen molar-refractivity contribution >= 4 is 16.9 Å². The van der Waals surface area contributed by atoms with E-state index in [1.54, 1.807) is 6.20 Å². The second-order valence-corrected chi connectivity index (χ2v) is 3.66. The smallest absolute Gasteiger partial charge is 0.192 e. The van der Waals surface area contributed by atoms with Crippen LogP contribution in [0.1, 0.15) is 18.3 Å². The Morgan fingerprint density at radius 2 is 2.17 bits per heavy atom. The van der Waals surface area contributed by atoms with Gasteiger partial charge in [0, 0.05) is 13.1 Å². The summed E-state index contributed by atoms with van der Waals surface area (Å²) < 4.78 is 0. The fourth-order valence-corrected chi connectivity index (χ4v) is 1.41. The predicted octanol–water partition coefficient (Wildman–Crippen LogP) is 1.73. The van der Waals surface area contributed by atoms with Crippen molar-refractivity contribution in [3.8, 4) is 0 Å². The Kier molecular flexibility index (Phi) is 2.81. The topological polar surface area (TPSA) is 42.9 Å². The fraction of sp³-hybridized carbons (Fsp3) is 0.375. The number of hydrogen-bond acceptors (Lipinski definition) is 4. The Balaban J connectivity index is 2.97. The lowest BCUT2D eigenvalue weighted by Crippen LogP contribution is -1.94. The number of carbonyl (C=O) groups excluding carboxylic acids is 1. The van der Waals surface area contributed by atoms with Crippen LogP contribution in [0.4, 0.5) is 0 Å². The van der Waals surface area contributed by atoms with E-state index in [4.69, 9.17) is 0 Å². The number of carbonyl (C=O) groups is 1. The minimum Gasteiger partial charge on any atom is -0.287 e. The normalized spacial score (nSPS) is 9.92. The van der Waals surface area contributed by atoms with Crippen LogP contribution in [0.5, 0.6) is 0 Å². The molecule has 0 aliphatic rings. The Morgan fingerprint density at radius 3 is 2.75 bits per heavy atom. The lowest BCUT2D eigenvalue weighted by atomic mass is 10.4. The zero-order valence-electron chi connectivity index (χ0n) is 7.29. The molecule has 64 valence electrons. The molecule has 0 fully saturated rings. The van der Waals surface area contributed by atoms with Gasteiger partial charge in [-0.3, -0.25) is 9.78 Å². The third-order valence-corrected chi connectivity index (χ3v) is 2.14. The number of nitrogens with zero attached hydrogens (tertiary/aromatic N) is 2. The molecule has 1 rings (SSSR count). The lowest BCUT2D eigenvalue weighted by molar-refractivity contribution is -0.109. The summed E-state index contributed by atoms with van der Waals surface area (Å²) in [5.41, 5.74) is 1.64. The standard InChI is InChI=1S/C8H10N2OS/c1-5-4-9-6(2)8(10-5)12-7(3)11/h4H,1-3H3. The zero-order valence-corrected chi connectivity index (χ0v) is 8.10. The maximum atomic E-state index is 10.8. The first-order valence-corrected chi connectivity index (χ1v) is 4.40. The molecule has 0 aliphatic carbocycles. The van der Waals surface area contributed by atoms with Gasteiger partial charge in [0.05, 0.1) is 11.4 Å².